The molecule has 0 saturated heterocycles. The molecule has 5 heavy (non-hydrogen) atoms. The Bertz CT molecular complexity index is 6.85. The normalized spacial score (nSPS) is 3.00. The predicted molar refractivity (Wildman–Crippen MR) is 11.9 cm³/mol. The Morgan fingerprint density at radius 1 is 1.20 bits per heavy atom. The van der Waals surface area contributed by atoms with Crippen LogP contribution < -0.4 is 0 Å². The SMILES string of the molecule is [F][AlH2].[F][Zn][F]. The molecular formula is H2AlF3Zn. The topological polar surface area (TPSA) is 0 Å². The van der Waals surface area contributed by atoms with Crippen molar-refractivity contribution in [1.29, 1.82) is 0 Å². The Kier molecular flexibility index (Phi) is 38.0. The van der Waals surface area contributed by atoms with E-state index in [-0.39, 0.29) is 16.7 Å². The molecule has 0 aromatic heterocycles. The summed E-state index contributed by atoms with van der Waals surface area (Å²) >= 11 is -3.07. The fourth-order valence-corrected chi connectivity index (χ4v) is 0. The van der Waals surface area contributed by atoms with Gasteiger partial charge in [0.25, 0.3) is 0 Å². The van der Waals surface area contributed by atoms with E-state index in [0.717, 1.165) is 0 Å². The van der Waals surface area contributed by atoms with Crippen molar-refractivity contribution in [3.05, 3.63) is 0 Å². The molecule has 0 aliphatic heterocycles. The second kappa shape index (κ2) is 20.3. The van der Waals surface area contributed by atoms with Crippen LogP contribution in [0.4, 0.5) is 10.2 Å². The van der Waals surface area contributed by atoms with Gasteiger partial charge in [0.1, 0.15) is 0 Å². The number of halogens is 3. The van der Waals surface area contributed by atoms with Crippen molar-refractivity contribution < 1.29 is 28.3 Å². The fourth-order valence-electron chi connectivity index (χ4n) is 0. The van der Waals surface area contributed by atoms with Gasteiger partial charge in [-0.1, -0.05) is 0 Å². The fraction of sp³-hybridized carbons (Fsp3) is 0. The van der Waals surface area contributed by atoms with Gasteiger partial charge in [0.15, 0.2) is 0 Å². The quantitative estimate of drug-likeness (QED) is 0.438. The van der Waals surface area contributed by atoms with E-state index in [9.17, 15) is 10.2 Å². The molecule has 0 rings (SSSR count). The maximum absolute atomic E-state index is 9.81. The molecule has 0 fully saturated rings. The van der Waals surface area contributed by atoms with Crippen molar-refractivity contribution in [2.75, 3.05) is 0 Å². The van der Waals surface area contributed by atoms with Gasteiger partial charge in [0, 0.05) is 0 Å². The second-order valence-corrected chi connectivity index (χ2v) is 0.525. The summed E-state index contributed by atoms with van der Waals surface area (Å²) in [5.74, 6) is 0. The molecule has 0 atom stereocenters. The van der Waals surface area contributed by atoms with Gasteiger partial charge in [0.05, 0.1) is 0 Å². The van der Waals surface area contributed by atoms with E-state index in [4.69, 9.17) is 0 Å². The average Bonchev–Trinajstić information content (AvgIpc) is 1.46. The maximum atomic E-state index is 9.81. The van der Waals surface area contributed by atoms with E-state index < -0.39 is 18.1 Å². The van der Waals surface area contributed by atoms with Crippen LogP contribution in [0.5, 0.6) is 0 Å². The average molecular weight is 151 g/mol. The van der Waals surface area contributed by atoms with Gasteiger partial charge in [-0.15, -0.1) is 0 Å². The van der Waals surface area contributed by atoms with Gasteiger partial charge in [-0.3, -0.25) is 0 Å². The molecule has 0 amide bonds. The predicted octanol–water partition coefficient (Wildman–Crippen LogP) is 0.342. The van der Waals surface area contributed by atoms with Crippen LogP contribution in [0, 0.1) is 0 Å². The summed E-state index contributed by atoms with van der Waals surface area (Å²) in [5, 5.41) is 0. The Morgan fingerprint density at radius 2 is 1.20 bits per heavy atom. The molecule has 28 valence electrons. The van der Waals surface area contributed by atoms with Gasteiger partial charge >= 0.3 is 41.5 Å². The third-order valence-electron chi connectivity index (χ3n) is 0. The van der Waals surface area contributed by atoms with Crippen LogP contribution in [-0.4, -0.2) is 16.7 Å². The van der Waals surface area contributed by atoms with Crippen LogP contribution in [0.25, 0.3) is 0 Å². The molecule has 0 saturated carbocycles. The van der Waals surface area contributed by atoms with Crippen LogP contribution in [-0.2, 0) is 18.1 Å². The minimum atomic E-state index is -2.88. The van der Waals surface area contributed by atoms with Crippen molar-refractivity contribution in [1.82, 2.24) is 0 Å². The van der Waals surface area contributed by atoms with Crippen LogP contribution >= 0.6 is 0 Å². The van der Waals surface area contributed by atoms with Crippen LogP contribution in [0.1, 0.15) is 0 Å². The first kappa shape index (κ1) is 9.34. The van der Waals surface area contributed by atoms with Gasteiger partial charge < -0.3 is 3.52 Å². The first-order chi connectivity index (χ1) is 2.41. The molecule has 0 radical (unpaired) electrons. The summed E-state index contributed by atoms with van der Waals surface area (Å²) in [6.45, 7) is 0. The first-order valence-electron chi connectivity index (χ1n) is 0.912. The molecular weight excluding hydrogens is 149 g/mol. The summed E-state index contributed by atoms with van der Waals surface area (Å²) in [5.41, 5.74) is 0. The molecule has 5 heteroatoms. The summed E-state index contributed by atoms with van der Waals surface area (Å²) < 4.78 is 29.3. The van der Waals surface area contributed by atoms with Crippen molar-refractivity contribution in [2.24, 2.45) is 0 Å². The Balaban J connectivity index is 0. The van der Waals surface area contributed by atoms with Crippen molar-refractivity contribution in [3.8, 4) is 0 Å². The first-order valence-corrected chi connectivity index (χ1v) is 3.91. The second-order valence-electron chi connectivity index (χ2n) is 0.101. The van der Waals surface area contributed by atoms with Crippen molar-refractivity contribution in [3.63, 3.8) is 0 Å². The number of rotatable bonds is 0. The Hall–Kier alpha value is 0.946. The molecule has 0 unspecified atom stereocenters. The third kappa shape index (κ3) is 48.0. The van der Waals surface area contributed by atoms with E-state index in [2.05, 4.69) is 0 Å². The van der Waals surface area contributed by atoms with E-state index in [1.54, 1.807) is 0 Å². The molecule has 0 aromatic rings. The van der Waals surface area contributed by atoms with Crippen LogP contribution in [0.15, 0.2) is 0 Å². The molecule has 0 heterocycles. The number of hydrogen-bond acceptors (Lipinski definition) is 0. The van der Waals surface area contributed by atoms with E-state index in [0.29, 0.717) is 0 Å². The standard InChI is InChI=1S/Al.3FH.Zn.2H/h;3*1H;;;/q+1;;;;+2;;/p-3. The van der Waals surface area contributed by atoms with E-state index in [1.807, 2.05) is 0 Å². The summed E-state index contributed by atoms with van der Waals surface area (Å²) in [6.07, 6.45) is 0. The molecule has 0 aliphatic rings. The molecule has 0 N–H and O–H groups in total. The zero-order chi connectivity index (χ0) is 4.71. The molecule has 0 aromatic carbocycles. The molecule has 0 aliphatic carbocycles. The monoisotopic (exact) mass is 150 g/mol. The summed E-state index contributed by atoms with van der Waals surface area (Å²) in [4.78, 5) is 0. The van der Waals surface area contributed by atoms with Crippen molar-refractivity contribution >= 4 is 16.7 Å². The van der Waals surface area contributed by atoms with E-state index >= 15 is 0 Å². The third-order valence-corrected chi connectivity index (χ3v) is 0. The van der Waals surface area contributed by atoms with Crippen molar-refractivity contribution in [2.45, 2.75) is 0 Å². The van der Waals surface area contributed by atoms with Gasteiger partial charge in [0.2, 0.25) is 0 Å². The van der Waals surface area contributed by atoms with Crippen LogP contribution in [0.2, 0.25) is 0 Å². The van der Waals surface area contributed by atoms with Gasteiger partial charge in [-0.05, 0) is 0 Å². The zero-order valence-electron chi connectivity index (χ0n) is 2.84. The molecule has 0 bridgehead atoms. The zero-order valence-corrected chi connectivity index (χ0v) is 7.81. The number of hydrogen-bond donors (Lipinski definition) is 0. The Labute approximate surface area is 45.4 Å². The van der Waals surface area contributed by atoms with Crippen LogP contribution in [0.3, 0.4) is 0 Å². The minimum absolute atomic E-state index is 0.194. The van der Waals surface area contributed by atoms with Gasteiger partial charge in [-0.2, -0.15) is 0 Å². The van der Waals surface area contributed by atoms with Gasteiger partial charge in [-0.25, -0.2) is 0 Å². The summed E-state index contributed by atoms with van der Waals surface area (Å²) in [6, 6.07) is 0. The molecule has 0 spiro atoms. The Morgan fingerprint density at radius 3 is 1.20 bits per heavy atom. The van der Waals surface area contributed by atoms with E-state index in [1.165, 1.54) is 0 Å². The summed E-state index contributed by atoms with van der Waals surface area (Å²) in [7, 11) is 0. The molecule has 0 nitrogen and oxygen atoms in total.